The van der Waals surface area contributed by atoms with Gasteiger partial charge in [0.15, 0.2) is 0 Å². The second-order valence-electron chi connectivity index (χ2n) is 7.66. The highest BCUT2D eigenvalue weighted by atomic mass is 16.6. The minimum atomic E-state index is -0.307. The maximum atomic E-state index is 12.8. The molecule has 0 aromatic carbocycles. The standard InChI is InChI=1S/C19H25NO4/c1-12-14-8-7-13(17(21)20-10-3-4-11-20)6-5-9-19(2)16(24-19)15(14)23-18(12)22/h6,14-16H,1,3-5,7-11H2,2H3/b13-6+/t14-,15-,16-,19+/m0/s1. The Bertz CT molecular complexity index is 619. The first-order valence-electron chi connectivity index (χ1n) is 9.05. The molecule has 0 unspecified atom stereocenters. The van der Waals surface area contributed by atoms with Crippen molar-refractivity contribution in [2.45, 2.75) is 63.3 Å². The number of ether oxygens (including phenoxy) is 2. The molecule has 4 atom stereocenters. The first kappa shape index (κ1) is 15.9. The van der Waals surface area contributed by atoms with Crippen LogP contribution in [0.4, 0.5) is 0 Å². The molecule has 130 valence electrons. The van der Waals surface area contributed by atoms with Crippen LogP contribution in [0.2, 0.25) is 0 Å². The fourth-order valence-electron chi connectivity index (χ4n) is 4.38. The summed E-state index contributed by atoms with van der Waals surface area (Å²) in [5.41, 5.74) is 1.17. The van der Waals surface area contributed by atoms with Crippen LogP contribution in [0.3, 0.4) is 0 Å². The minimum Gasteiger partial charge on any atom is -0.455 e. The number of hydrogen-bond acceptors (Lipinski definition) is 4. The number of epoxide rings is 1. The Labute approximate surface area is 142 Å². The maximum absolute atomic E-state index is 12.8. The van der Waals surface area contributed by atoms with Gasteiger partial charge in [0.2, 0.25) is 5.91 Å². The number of carbonyl (C=O) groups excluding carboxylic acids is 2. The Kier molecular flexibility index (Phi) is 3.79. The van der Waals surface area contributed by atoms with Crippen molar-refractivity contribution in [2.24, 2.45) is 5.92 Å². The summed E-state index contributed by atoms with van der Waals surface area (Å²) in [6, 6.07) is 0. The number of amides is 1. The third-order valence-corrected chi connectivity index (χ3v) is 6.01. The number of nitrogens with zero attached hydrogens (tertiary/aromatic N) is 1. The van der Waals surface area contributed by atoms with Crippen LogP contribution >= 0.6 is 0 Å². The van der Waals surface area contributed by atoms with Gasteiger partial charge in [-0.15, -0.1) is 0 Å². The van der Waals surface area contributed by atoms with Gasteiger partial charge in [-0.25, -0.2) is 4.79 Å². The average molecular weight is 331 g/mol. The SMILES string of the molecule is C=C1C(=O)O[C@H]2[C@H]1CC/C(C(=O)N1CCCC1)=C\CC[C@@]1(C)O[C@@H]21. The lowest BCUT2D eigenvalue weighted by Gasteiger charge is -2.22. The lowest BCUT2D eigenvalue weighted by Crippen LogP contribution is -2.31. The molecule has 1 amide bonds. The molecule has 1 aliphatic carbocycles. The highest BCUT2D eigenvalue weighted by Crippen LogP contribution is 2.49. The fourth-order valence-corrected chi connectivity index (χ4v) is 4.38. The van der Waals surface area contributed by atoms with Crippen LogP contribution in [0, 0.1) is 5.92 Å². The number of carbonyl (C=O) groups is 2. The summed E-state index contributed by atoms with van der Waals surface area (Å²) < 4.78 is 11.4. The van der Waals surface area contributed by atoms with Gasteiger partial charge >= 0.3 is 5.97 Å². The van der Waals surface area contributed by atoms with E-state index in [9.17, 15) is 9.59 Å². The third-order valence-electron chi connectivity index (χ3n) is 6.01. The van der Waals surface area contributed by atoms with Crippen LogP contribution in [0.15, 0.2) is 23.8 Å². The third kappa shape index (κ3) is 2.59. The van der Waals surface area contributed by atoms with E-state index in [2.05, 4.69) is 19.6 Å². The van der Waals surface area contributed by atoms with E-state index in [0.717, 1.165) is 50.8 Å². The zero-order valence-corrected chi connectivity index (χ0v) is 14.3. The van der Waals surface area contributed by atoms with Gasteiger partial charge < -0.3 is 14.4 Å². The normalized spacial score (nSPS) is 41.1. The van der Waals surface area contributed by atoms with Crippen LogP contribution in [0.25, 0.3) is 0 Å². The Morgan fingerprint density at radius 1 is 1.38 bits per heavy atom. The first-order valence-corrected chi connectivity index (χ1v) is 9.05. The summed E-state index contributed by atoms with van der Waals surface area (Å²) in [5.74, 6) is -0.186. The zero-order chi connectivity index (χ0) is 16.9. The Morgan fingerprint density at radius 2 is 2.12 bits per heavy atom. The molecule has 0 aromatic rings. The average Bonchev–Trinajstić information content (AvgIpc) is 2.91. The number of hydrogen-bond donors (Lipinski definition) is 0. The summed E-state index contributed by atoms with van der Waals surface area (Å²) in [7, 11) is 0. The molecule has 0 aromatic heterocycles. The monoisotopic (exact) mass is 331 g/mol. The Balaban J connectivity index is 1.56. The molecular weight excluding hydrogens is 306 g/mol. The van der Waals surface area contributed by atoms with Crippen LogP contribution in [0.1, 0.15) is 45.4 Å². The summed E-state index contributed by atoms with van der Waals surface area (Å²) in [4.78, 5) is 26.7. The van der Waals surface area contributed by atoms with Gasteiger partial charge in [-0.3, -0.25) is 4.79 Å². The summed E-state index contributed by atoms with van der Waals surface area (Å²) in [6.07, 6.45) is 7.08. The minimum absolute atomic E-state index is 0.0325. The van der Waals surface area contributed by atoms with E-state index in [1.165, 1.54) is 0 Å². The number of likely N-dealkylation sites (tertiary alicyclic amines) is 1. The van der Waals surface area contributed by atoms with Crippen molar-refractivity contribution in [3.05, 3.63) is 23.8 Å². The molecule has 3 aliphatic heterocycles. The van der Waals surface area contributed by atoms with Gasteiger partial charge in [0, 0.05) is 30.2 Å². The topological polar surface area (TPSA) is 59.1 Å². The van der Waals surface area contributed by atoms with Gasteiger partial charge in [0.05, 0.1) is 5.60 Å². The molecule has 4 aliphatic rings. The van der Waals surface area contributed by atoms with Crippen molar-refractivity contribution in [2.75, 3.05) is 13.1 Å². The number of allylic oxidation sites excluding steroid dienone is 1. The van der Waals surface area contributed by atoms with Crippen LogP contribution in [-0.4, -0.2) is 47.7 Å². The fraction of sp³-hybridized carbons (Fsp3) is 0.684. The van der Waals surface area contributed by atoms with E-state index in [4.69, 9.17) is 9.47 Å². The van der Waals surface area contributed by atoms with Gasteiger partial charge in [-0.1, -0.05) is 12.7 Å². The van der Waals surface area contributed by atoms with Crippen molar-refractivity contribution in [3.8, 4) is 0 Å². The van der Waals surface area contributed by atoms with Crippen LogP contribution < -0.4 is 0 Å². The first-order chi connectivity index (χ1) is 11.5. The molecule has 0 N–H and O–H groups in total. The largest absolute Gasteiger partial charge is 0.455 e. The van der Waals surface area contributed by atoms with E-state index in [-0.39, 0.29) is 35.6 Å². The quantitative estimate of drug-likeness (QED) is 0.420. The summed E-state index contributed by atoms with van der Waals surface area (Å²) in [6.45, 7) is 7.72. The van der Waals surface area contributed by atoms with Gasteiger partial charge in [-0.05, 0) is 45.4 Å². The molecule has 0 saturated carbocycles. The lowest BCUT2D eigenvalue weighted by molar-refractivity contribution is -0.140. The second kappa shape index (κ2) is 5.73. The number of esters is 1. The molecule has 3 heterocycles. The smallest absolute Gasteiger partial charge is 0.334 e. The van der Waals surface area contributed by atoms with Gasteiger partial charge in [-0.2, -0.15) is 0 Å². The second-order valence-corrected chi connectivity index (χ2v) is 7.66. The van der Waals surface area contributed by atoms with Gasteiger partial charge in [0.25, 0.3) is 0 Å². The molecular formula is C19H25NO4. The van der Waals surface area contributed by atoms with E-state index in [0.29, 0.717) is 12.0 Å². The number of fused-ring (bicyclic) bond motifs is 3. The predicted molar refractivity (Wildman–Crippen MR) is 88.2 cm³/mol. The molecule has 3 fully saturated rings. The predicted octanol–water partition coefficient (Wildman–Crippen LogP) is 2.36. The highest BCUT2D eigenvalue weighted by Gasteiger charge is 2.61. The Hall–Kier alpha value is -1.62. The summed E-state index contributed by atoms with van der Waals surface area (Å²) >= 11 is 0. The van der Waals surface area contributed by atoms with E-state index in [1.54, 1.807) is 0 Å². The van der Waals surface area contributed by atoms with Crippen molar-refractivity contribution < 1.29 is 19.1 Å². The maximum Gasteiger partial charge on any atom is 0.334 e. The zero-order valence-electron chi connectivity index (χ0n) is 14.3. The van der Waals surface area contributed by atoms with Crippen molar-refractivity contribution in [1.29, 1.82) is 0 Å². The van der Waals surface area contributed by atoms with E-state index < -0.39 is 0 Å². The van der Waals surface area contributed by atoms with Crippen LogP contribution in [-0.2, 0) is 19.1 Å². The molecule has 24 heavy (non-hydrogen) atoms. The molecule has 0 spiro atoms. The van der Waals surface area contributed by atoms with Gasteiger partial charge in [0.1, 0.15) is 12.2 Å². The van der Waals surface area contributed by atoms with Crippen LogP contribution in [0.5, 0.6) is 0 Å². The van der Waals surface area contributed by atoms with Crippen molar-refractivity contribution >= 4 is 11.9 Å². The lowest BCUT2D eigenvalue weighted by atomic mass is 9.83. The van der Waals surface area contributed by atoms with Crippen molar-refractivity contribution in [1.82, 2.24) is 4.90 Å². The molecule has 4 rings (SSSR count). The molecule has 5 heteroatoms. The molecule has 0 radical (unpaired) electrons. The van der Waals surface area contributed by atoms with E-state index >= 15 is 0 Å². The number of rotatable bonds is 1. The molecule has 5 nitrogen and oxygen atoms in total. The highest BCUT2D eigenvalue weighted by molar-refractivity contribution is 5.94. The van der Waals surface area contributed by atoms with E-state index in [1.807, 2.05) is 4.90 Å². The molecule has 0 bridgehead atoms. The van der Waals surface area contributed by atoms with Crippen molar-refractivity contribution in [3.63, 3.8) is 0 Å². The molecule has 3 saturated heterocycles. The Morgan fingerprint density at radius 3 is 2.88 bits per heavy atom. The summed E-state index contributed by atoms with van der Waals surface area (Å²) in [5, 5.41) is 0.